The molecule has 138 valence electrons. The Kier molecular flexibility index (Phi) is 5.94. The fraction of sp³-hybridized carbons (Fsp3) is 0.143. The van der Waals surface area contributed by atoms with Gasteiger partial charge in [-0.15, -0.1) is 0 Å². The molecule has 2 N–H and O–H groups in total. The summed E-state index contributed by atoms with van der Waals surface area (Å²) in [6.07, 6.45) is 3.20. The number of benzene rings is 2. The smallest absolute Gasteiger partial charge is 0.257 e. The first-order valence-electron chi connectivity index (χ1n) is 8.57. The zero-order chi connectivity index (χ0) is 19.2. The van der Waals surface area contributed by atoms with Crippen LogP contribution in [0.5, 0.6) is 5.75 Å². The van der Waals surface area contributed by atoms with E-state index in [1.165, 1.54) is 6.20 Å². The van der Waals surface area contributed by atoms with Crippen molar-refractivity contribution in [2.75, 3.05) is 17.2 Å². The quantitative estimate of drug-likeness (QED) is 0.597. The Hall–Kier alpha value is -3.05. The Morgan fingerprint density at radius 3 is 2.56 bits per heavy atom. The molecule has 5 nitrogen and oxygen atoms in total. The van der Waals surface area contributed by atoms with Gasteiger partial charge in [0.1, 0.15) is 5.75 Å². The van der Waals surface area contributed by atoms with Crippen LogP contribution in [0, 0.1) is 6.92 Å². The third-order valence-electron chi connectivity index (χ3n) is 3.89. The van der Waals surface area contributed by atoms with Crippen LogP contribution < -0.4 is 15.4 Å². The number of pyridine rings is 1. The van der Waals surface area contributed by atoms with Gasteiger partial charge >= 0.3 is 0 Å². The second-order valence-electron chi connectivity index (χ2n) is 5.96. The fourth-order valence-corrected chi connectivity index (χ4v) is 2.79. The lowest BCUT2D eigenvalue weighted by Gasteiger charge is -2.11. The molecule has 1 amide bonds. The summed E-state index contributed by atoms with van der Waals surface area (Å²) in [7, 11) is 0. The van der Waals surface area contributed by atoms with Crippen molar-refractivity contribution >= 4 is 34.6 Å². The third kappa shape index (κ3) is 4.99. The number of hydrogen-bond donors (Lipinski definition) is 2. The minimum atomic E-state index is -0.233. The SMILES string of the molecule is CCOc1ccc(NC(=O)c2cncc(Nc3ccc(Cl)cc3C)c2)cc1. The summed E-state index contributed by atoms with van der Waals surface area (Å²) in [5, 5.41) is 6.80. The van der Waals surface area contributed by atoms with Crippen molar-refractivity contribution < 1.29 is 9.53 Å². The first kappa shape index (κ1) is 18.7. The number of amides is 1. The number of hydrogen-bond acceptors (Lipinski definition) is 4. The highest BCUT2D eigenvalue weighted by molar-refractivity contribution is 6.30. The summed E-state index contributed by atoms with van der Waals surface area (Å²) in [5.41, 5.74) is 3.78. The molecule has 0 atom stereocenters. The lowest BCUT2D eigenvalue weighted by atomic mass is 10.2. The molecule has 0 radical (unpaired) electrons. The van der Waals surface area contributed by atoms with Gasteiger partial charge in [-0.3, -0.25) is 9.78 Å². The van der Waals surface area contributed by atoms with Gasteiger partial charge in [0.15, 0.2) is 0 Å². The summed E-state index contributed by atoms with van der Waals surface area (Å²) in [6, 6.07) is 14.6. The van der Waals surface area contributed by atoms with Gasteiger partial charge in [0.25, 0.3) is 5.91 Å². The van der Waals surface area contributed by atoms with E-state index >= 15 is 0 Å². The van der Waals surface area contributed by atoms with Crippen molar-refractivity contribution in [1.82, 2.24) is 4.98 Å². The maximum absolute atomic E-state index is 12.5. The number of carbonyl (C=O) groups excluding carboxylic acids is 1. The van der Waals surface area contributed by atoms with E-state index in [0.29, 0.717) is 22.9 Å². The Labute approximate surface area is 163 Å². The van der Waals surface area contributed by atoms with Gasteiger partial charge in [0.2, 0.25) is 0 Å². The first-order valence-corrected chi connectivity index (χ1v) is 8.95. The zero-order valence-electron chi connectivity index (χ0n) is 15.1. The normalized spacial score (nSPS) is 10.3. The maximum atomic E-state index is 12.5. The molecule has 0 saturated carbocycles. The lowest BCUT2D eigenvalue weighted by Crippen LogP contribution is -2.12. The van der Waals surface area contributed by atoms with Gasteiger partial charge in [-0.25, -0.2) is 0 Å². The van der Waals surface area contributed by atoms with E-state index in [1.54, 1.807) is 24.4 Å². The molecule has 0 spiro atoms. The van der Waals surface area contributed by atoms with Crippen LogP contribution in [0.3, 0.4) is 0 Å². The van der Waals surface area contributed by atoms with Crippen molar-refractivity contribution in [1.29, 1.82) is 0 Å². The van der Waals surface area contributed by atoms with Crippen molar-refractivity contribution in [2.45, 2.75) is 13.8 Å². The predicted molar refractivity (Wildman–Crippen MR) is 109 cm³/mol. The molecule has 0 bridgehead atoms. The fourth-order valence-electron chi connectivity index (χ4n) is 2.56. The van der Waals surface area contributed by atoms with E-state index in [-0.39, 0.29) is 5.91 Å². The maximum Gasteiger partial charge on any atom is 0.257 e. The van der Waals surface area contributed by atoms with E-state index in [4.69, 9.17) is 16.3 Å². The minimum absolute atomic E-state index is 0.233. The second-order valence-corrected chi connectivity index (χ2v) is 6.39. The Bertz CT molecular complexity index is 942. The third-order valence-corrected chi connectivity index (χ3v) is 4.13. The molecule has 6 heteroatoms. The molecule has 27 heavy (non-hydrogen) atoms. The average molecular weight is 382 g/mol. The molecule has 1 aromatic heterocycles. The van der Waals surface area contributed by atoms with Crippen molar-refractivity contribution in [3.05, 3.63) is 77.1 Å². The monoisotopic (exact) mass is 381 g/mol. The molecule has 0 saturated heterocycles. The summed E-state index contributed by atoms with van der Waals surface area (Å²) >= 11 is 5.99. The zero-order valence-corrected chi connectivity index (χ0v) is 15.9. The molecular formula is C21H20ClN3O2. The van der Waals surface area contributed by atoms with Crippen LogP contribution in [-0.2, 0) is 0 Å². The number of aromatic nitrogens is 1. The predicted octanol–water partition coefficient (Wildman–Crippen LogP) is 5.44. The molecule has 1 heterocycles. The largest absolute Gasteiger partial charge is 0.494 e. The van der Waals surface area contributed by atoms with Crippen LogP contribution >= 0.6 is 11.6 Å². The van der Waals surface area contributed by atoms with Crippen LogP contribution in [0.2, 0.25) is 5.02 Å². The molecule has 3 rings (SSSR count). The highest BCUT2D eigenvalue weighted by atomic mass is 35.5. The molecule has 0 fully saturated rings. The van der Waals surface area contributed by atoms with Gasteiger partial charge in [0.05, 0.1) is 24.1 Å². The molecule has 0 aliphatic rings. The van der Waals surface area contributed by atoms with Crippen LogP contribution in [0.1, 0.15) is 22.8 Å². The summed E-state index contributed by atoms with van der Waals surface area (Å²) in [5.74, 6) is 0.532. The van der Waals surface area contributed by atoms with Gasteiger partial charge in [-0.1, -0.05) is 11.6 Å². The number of carbonyl (C=O) groups is 1. The molecule has 0 aliphatic heterocycles. The van der Waals surface area contributed by atoms with Crippen molar-refractivity contribution in [3.63, 3.8) is 0 Å². The van der Waals surface area contributed by atoms with Crippen molar-refractivity contribution in [3.8, 4) is 5.75 Å². The number of nitrogens with one attached hydrogen (secondary N) is 2. The van der Waals surface area contributed by atoms with Gasteiger partial charge in [0, 0.05) is 22.6 Å². The van der Waals surface area contributed by atoms with E-state index in [0.717, 1.165) is 22.7 Å². The van der Waals surface area contributed by atoms with Gasteiger partial charge in [-0.2, -0.15) is 0 Å². The van der Waals surface area contributed by atoms with Gasteiger partial charge in [-0.05, 0) is 67.9 Å². The topological polar surface area (TPSA) is 63.2 Å². The van der Waals surface area contributed by atoms with E-state index < -0.39 is 0 Å². The number of ether oxygens (including phenoxy) is 1. The van der Waals surface area contributed by atoms with E-state index in [1.807, 2.05) is 44.2 Å². The second kappa shape index (κ2) is 8.56. The van der Waals surface area contributed by atoms with Crippen LogP contribution in [-0.4, -0.2) is 17.5 Å². The molecule has 0 unspecified atom stereocenters. The van der Waals surface area contributed by atoms with Crippen LogP contribution in [0.15, 0.2) is 60.9 Å². The number of rotatable bonds is 6. The lowest BCUT2D eigenvalue weighted by molar-refractivity contribution is 0.102. The summed E-state index contributed by atoms with van der Waals surface area (Å²) in [6.45, 7) is 4.49. The van der Waals surface area contributed by atoms with Crippen LogP contribution in [0.4, 0.5) is 17.1 Å². The van der Waals surface area contributed by atoms with Gasteiger partial charge < -0.3 is 15.4 Å². The minimum Gasteiger partial charge on any atom is -0.494 e. The van der Waals surface area contributed by atoms with Crippen LogP contribution in [0.25, 0.3) is 0 Å². The average Bonchev–Trinajstić information content (AvgIpc) is 2.66. The molecule has 3 aromatic rings. The number of anilines is 3. The number of halogens is 1. The summed E-state index contributed by atoms with van der Waals surface area (Å²) in [4.78, 5) is 16.7. The van der Waals surface area contributed by atoms with E-state index in [9.17, 15) is 4.79 Å². The Morgan fingerprint density at radius 2 is 1.85 bits per heavy atom. The number of aryl methyl sites for hydroxylation is 1. The Morgan fingerprint density at radius 1 is 1.07 bits per heavy atom. The van der Waals surface area contributed by atoms with Crippen molar-refractivity contribution in [2.24, 2.45) is 0 Å². The highest BCUT2D eigenvalue weighted by Crippen LogP contribution is 2.24. The molecule has 0 aliphatic carbocycles. The standard InChI is InChI=1S/C21H20ClN3O2/c1-3-27-19-7-5-17(6-8-19)25-21(26)15-11-18(13-23-12-15)24-20-9-4-16(22)10-14(20)2/h4-13,24H,3H2,1-2H3,(H,25,26). The van der Waals surface area contributed by atoms with E-state index in [2.05, 4.69) is 15.6 Å². The first-order chi connectivity index (χ1) is 13.0. The molecular weight excluding hydrogens is 362 g/mol. The number of nitrogens with zero attached hydrogens (tertiary/aromatic N) is 1. The summed E-state index contributed by atoms with van der Waals surface area (Å²) < 4.78 is 5.40. The Balaban J connectivity index is 1.71. The molecule has 2 aromatic carbocycles. The highest BCUT2D eigenvalue weighted by Gasteiger charge is 2.09.